The number of hydrogen-bond donors (Lipinski definition) is 1. The minimum absolute atomic E-state index is 0.0786. The fourth-order valence-corrected chi connectivity index (χ4v) is 3.87. The molecule has 5 nitrogen and oxygen atoms in total. The van der Waals surface area contributed by atoms with Crippen LogP contribution in [0.3, 0.4) is 0 Å². The van der Waals surface area contributed by atoms with Crippen molar-refractivity contribution >= 4 is 17.7 Å². The van der Waals surface area contributed by atoms with Gasteiger partial charge in [-0.1, -0.05) is 36.4 Å². The number of nitrogens with one attached hydrogen (secondary N) is 1. The lowest BCUT2D eigenvalue weighted by Gasteiger charge is -2.29. The maximum atomic E-state index is 12.8. The van der Waals surface area contributed by atoms with Gasteiger partial charge in [-0.3, -0.25) is 19.3 Å². The van der Waals surface area contributed by atoms with Gasteiger partial charge >= 0.3 is 0 Å². The number of amides is 3. The van der Waals surface area contributed by atoms with E-state index < -0.39 is 17.9 Å². The van der Waals surface area contributed by atoms with Crippen LogP contribution in [0.15, 0.2) is 48.5 Å². The third-order valence-electron chi connectivity index (χ3n) is 5.28. The Morgan fingerprint density at radius 1 is 1.04 bits per heavy atom. The van der Waals surface area contributed by atoms with Gasteiger partial charge in [0.15, 0.2) is 0 Å². The molecule has 0 fully saturated rings. The van der Waals surface area contributed by atoms with Gasteiger partial charge in [0.05, 0.1) is 17.2 Å². The molecule has 0 spiro atoms. The number of imide groups is 1. The SMILES string of the molecule is C[C@@H](C(=O)N[C@@H]1CCCc2ccccc21)N1C(=O)c2ccccc2C1=O. The summed E-state index contributed by atoms with van der Waals surface area (Å²) in [6.07, 6.45) is 2.87. The summed E-state index contributed by atoms with van der Waals surface area (Å²) in [5, 5.41) is 3.03. The fraction of sp³-hybridized carbons (Fsp3) is 0.286. The van der Waals surface area contributed by atoms with Crippen molar-refractivity contribution in [2.75, 3.05) is 0 Å². The van der Waals surface area contributed by atoms with E-state index in [2.05, 4.69) is 11.4 Å². The van der Waals surface area contributed by atoms with Gasteiger partial charge in [0.25, 0.3) is 11.8 Å². The first kappa shape index (κ1) is 16.5. The molecule has 2 aromatic carbocycles. The first-order valence-electron chi connectivity index (χ1n) is 8.93. The largest absolute Gasteiger partial charge is 0.347 e. The lowest BCUT2D eigenvalue weighted by Crippen LogP contribution is -2.48. The lowest BCUT2D eigenvalue weighted by molar-refractivity contribution is -0.125. The van der Waals surface area contributed by atoms with E-state index in [0.29, 0.717) is 11.1 Å². The molecule has 0 unspecified atom stereocenters. The lowest BCUT2D eigenvalue weighted by atomic mass is 9.87. The molecule has 1 heterocycles. The predicted octanol–water partition coefficient (Wildman–Crippen LogP) is 2.86. The van der Waals surface area contributed by atoms with E-state index in [1.54, 1.807) is 31.2 Å². The van der Waals surface area contributed by atoms with E-state index in [9.17, 15) is 14.4 Å². The molecule has 2 aliphatic rings. The van der Waals surface area contributed by atoms with Crippen molar-refractivity contribution in [1.29, 1.82) is 0 Å². The summed E-state index contributed by atoms with van der Waals surface area (Å²) in [7, 11) is 0. The number of carbonyl (C=O) groups is 3. The van der Waals surface area contributed by atoms with Crippen LogP contribution in [0.2, 0.25) is 0 Å². The Bertz CT molecular complexity index is 871. The minimum atomic E-state index is -0.850. The quantitative estimate of drug-likeness (QED) is 0.868. The van der Waals surface area contributed by atoms with Crippen LogP contribution in [0, 0.1) is 0 Å². The maximum Gasteiger partial charge on any atom is 0.262 e. The normalized spacial score (nSPS) is 19.7. The van der Waals surface area contributed by atoms with Gasteiger partial charge in [0, 0.05) is 0 Å². The Balaban J connectivity index is 1.53. The van der Waals surface area contributed by atoms with E-state index in [4.69, 9.17) is 0 Å². The van der Waals surface area contributed by atoms with E-state index >= 15 is 0 Å². The molecular weight excluding hydrogens is 328 g/mol. The molecule has 0 aromatic heterocycles. The summed E-state index contributed by atoms with van der Waals surface area (Å²) < 4.78 is 0. The second-order valence-electron chi connectivity index (χ2n) is 6.85. The molecule has 0 saturated heterocycles. The van der Waals surface area contributed by atoms with Crippen molar-refractivity contribution in [3.63, 3.8) is 0 Å². The number of nitrogens with zero attached hydrogens (tertiary/aromatic N) is 1. The van der Waals surface area contributed by atoms with Crippen molar-refractivity contribution in [1.82, 2.24) is 10.2 Å². The first-order chi connectivity index (χ1) is 12.6. The monoisotopic (exact) mass is 348 g/mol. The van der Waals surface area contributed by atoms with Gasteiger partial charge in [-0.2, -0.15) is 0 Å². The van der Waals surface area contributed by atoms with Crippen LogP contribution in [0.4, 0.5) is 0 Å². The van der Waals surface area contributed by atoms with Crippen molar-refractivity contribution in [2.45, 2.75) is 38.3 Å². The molecule has 0 radical (unpaired) electrons. The van der Waals surface area contributed by atoms with Crippen LogP contribution in [-0.2, 0) is 11.2 Å². The van der Waals surface area contributed by atoms with Crippen molar-refractivity contribution in [3.05, 3.63) is 70.8 Å². The Kier molecular flexibility index (Phi) is 4.07. The van der Waals surface area contributed by atoms with E-state index in [1.165, 1.54) is 5.56 Å². The maximum absolute atomic E-state index is 12.8. The third-order valence-corrected chi connectivity index (χ3v) is 5.28. The van der Waals surface area contributed by atoms with Gasteiger partial charge in [0.1, 0.15) is 6.04 Å². The summed E-state index contributed by atoms with van der Waals surface area (Å²) in [5.74, 6) is -1.12. The highest BCUT2D eigenvalue weighted by Gasteiger charge is 2.41. The number of hydrogen-bond acceptors (Lipinski definition) is 3. The third kappa shape index (κ3) is 2.60. The highest BCUT2D eigenvalue weighted by atomic mass is 16.2. The molecule has 5 heteroatoms. The van der Waals surface area contributed by atoms with Crippen LogP contribution in [-0.4, -0.2) is 28.7 Å². The minimum Gasteiger partial charge on any atom is -0.347 e. The fourth-order valence-electron chi connectivity index (χ4n) is 3.87. The van der Waals surface area contributed by atoms with Crippen molar-refractivity contribution in [3.8, 4) is 0 Å². The van der Waals surface area contributed by atoms with Crippen LogP contribution >= 0.6 is 0 Å². The highest BCUT2D eigenvalue weighted by Crippen LogP contribution is 2.30. The Morgan fingerprint density at radius 3 is 2.35 bits per heavy atom. The molecular formula is C21H20N2O3. The number of benzene rings is 2. The van der Waals surface area contributed by atoms with E-state index in [1.807, 2.05) is 18.2 Å². The van der Waals surface area contributed by atoms with Crippen LogP contribution in [0.1, 0.15) is 57.7 Å². The van der Waals surface area contributed by atoms with Gasteiger partial charge in [0.2, 0.25) is 5.91 Å². The van der Waals surface area contributed by atoms with Gasteiger partial charge in [-0.05, 0) is 49.4 Å². The molecule has 3 amide bonds. The van der Waals surface area contributed by atoms with Crippen molar-refractivity contribution < 1.29 is 14.4 Å². The molecule has 1 aliphatic carbocycles. The standard InChI is InChI=1S/C21H20N2O3/c1-13(23-20(25)16-10-4-5-11-17(16)21(23)26)19(24)22-18-12-6-8-14-7-2-3-9-15(14)18/h2-5,7,9-11,13,18H,6,8,12H2,1H3,(H,22,24)/t13-,18+/m0/s1. The Hall–Kier alpha value is -2.95. The van der Waals surface area contributed by atoms with Gasteiger partial charge < -0.3 is 5.32 Å². The molecule has 0 saturated carbocycles. The molecule has 2 atom stereocenters. The van der Waals surface area contributed by atoms with Crippen molar-refractivity contribution in [2.24, 2.45) is 0 Å². The topological polar surface area (TPSA) is 66.5 Å². The highest BCUT2D eigenvalue weighted by molar-refractivity contribution is 6.22. The summed E-state index contributed by atoms with van der Waals surface area (Å²) >= 11 is 0. The number of fused-ring (bicyclic) bond motifs is 2. The van der Waals surface area contributed by atoms with Crippen LogP contribution in [0.25, 0.3) is 0 Å². The van der Waals surface area contributed by atoms with Gasteiger partial charge in [-0.15, -0.1) is 0 Å². The summed E-state index contributed by atoms with van der Waals surface area (Å²) in [6.45, 7) is 1.60. The molecule has 132 valence electrons. The molecule has 2 aromatic rings. The van der Waals surface area contributed by atoms with Crippen LogP contribution < -0.4 is 5.32 Å². The zero-order valence-electron chi connectivity index (χ0n) is 14.6. The second kappa shape index (κ2) is 6.41. The molecule has 1 aliphatic heterocycles. The second-order valence-corrected chi connectivity index (χ2v) is 6.85. The summed E-state index contributed by atoms with van der Waals surface area (Å²) in [5.41, 5.74) is 3.10. The zero-order chi connectivity index (χ0) is 18.3. The Labute approximate surface area is 152 Å². The average Bonchev–Trinajstić information content (AvgIpc) is 2.92. The first-order valence-corrected chi connectivity index (χ1v) is 8.93. The molecule has 1 N–H and O–H groups in total. The van der Waals surface area contributed by atoms with E-state index in [0.717, 1.165) is 29.7 Å². The molecule has 26 heavy (non-hydrogen) atoms. The number of aryl methyl sites for hydroxylation is 1. The number of rotatable bonds is 3. The Morgan fingerprint density at radius 2 is 1.65 bits per heavy atom. The predicted molar refractivity (Wildman–Crippen MR) is 96.7 cm³/mol. The smallest absolute Gasteiger partial charge is 0.262 e. The summed E-state index contributed by atoms with van der Waals surface area (Å²) in [4.78, 5) is 39.0. The van der Waals surface area contributed by atoms with Gasteiger partial charge in [-0.25, -0.2) is 0 Å². The number of carbonyl (C=O) groups excluding carboxylic acids is 3. The molecule has 0 bridgehead atoms. The average molecular weight is 348 g/mol. The summed E-state index contributed by atoms with van der Waals surface area (Å²) in [6, 6.07) is 13.8. The van der Waals surface area contributed by atoms with E-state index in [-0.39, 0.29) is 11.9 Å². The van der Waals surface area contributed by atoms with Crippen LogP contribution in [0.5, 0.6) is 0 Å². The zero-order valence-corrected chi connectivity index (χ0v) is 14.6. The molecule has 4 rings (SSSR count).